The predicted molar refractivity (Wildman–Crippen MR) is 83.3 cm³/mol. The summed E-state index contributed by atoms with van der Waals surface area (Å²) < 4.78 is 24.7. The molecular formula is C14H14ClN3O3S. The molecule has 8 heteroatoms. The van der Waals surface area contributed by atoms with Gasteiger partial charge in [0.25, 0.3) is 0 Å². The summed E-state index contributed by atoms with van der Waals surface area (Å²) in [6, 6.07) is 7.44. The summed E-state index contributed by atoms with van der Waals surface area (Å²) in [5, 5.41) is -0.840. The van der Waals surface area contributed by atoms with Gasteiger partial charge in [-0.2, -0.15) is 0 Å². The lowest BCUT2D eigenvalue weighted by Gasteiger charge is -2.16. The average Bonchev–Trinajstić information content (AvgIpc) is 3.09. The van der Waals surface area contributed by atoms with Crippen molar-refractivity contribution in [3.8, 4) is 0 Å². The number of rotatable bonds is 4. The molecule has 6 nitrogen and oxygen atoms in total. The van der Waals surface area contributed by atoms with Crippen LogP contribution in [0.5, 0.6) is 0 Å². The van der Waals surface area contributed by atoms with E-state index in [9.17, 15) is 13.2 Å². The number of carbonyl (C=O) groups is 1. The summed E-state index contributed by atoms with van der Waals surface area (Å²) in [7, 11) is 1.63. The minimum atomic E-state index is -3.72. The van der Waals surface area contributed by atoms with E-state index in [0.29, 0.717) is 12.2 Å². The van der Waals surface area contributed by atoms with Crippen molar-refractivity contribution in [2.75, 3.05) is 11.4 Å². The van der Waals surface area contributed by atoms with Crippen LogP contribution < -0.4 is 4.90 Å². The number of halogens is 1. The van der Waals surface area contributed by atoms with Gasteiger partial charge in [-0.25, -0.2) is 13.4 Å². The van der Waals surface area contributed by atoms with E-state index in [4.69, 9.17) is 10.7 Å². The quantitative estimate of drug-likeness (QED) is 0.793. The first-order chi connectivity index (χ1) is 10.4. The van der Waals surface area contributed by atoms with E-state index in [0.717, 1.165) is 5.56 Å². The molecule has 1 atom stereocenters. The number of nitrogens with zero attached hydrogens (tertiary/aromatic N) is 3. The molecule has 1 saturated heterocycles. The topological polar surface area (TPSA) is 72.3 Å². The first kappa shape index (κ1) is 15.1. The summed E-state index contributed by atoms with van der Waals surface area (Å²) in [6.07, 6.45) is 5.24. The second-order valence-corrected chi connectivity index (χ2v) is 8.12. The van der Waals surface area contributed by atoms with Gasteiger partial charge in [0.2, 0.25) is 15.0 Å². The largest absolute Gasteiger partial charge is 0.333 e. The van der Waals surface area contributed by atoms with Crippen molar-refractivity contribution < 1.29 is 13.2 Å². The SMILES string of the molecule is O=C1CC(S(=O)(=O)Cl)CN1c1ccc(Cn2ccnc2)cc1. The molecule has 1 unspecified atom stereocenters. The number of anilines is 1. The van der Waals surface area contributed by atoms with Crippen molar-refractivity contribution in [2.24, 2.45) is 0 Å². The highest BCUT2D eigenvalue weighted by Gasteiger charge is 2.37. The maximum atomic E-state index is 12.0. The van der Waals surface area contributed by atoms with Crippen molar-refractivity contribution in [3.63, 3.8) is 0 Å². The Morgan fingerprint density at radius 1 is 1.27 bits per heavy atom. The Morgan fingerprint density at radius 2 is 2.00 bits per heavy atom. The third-order valence-electron chi connectivity index (χ3n) is 3.66. The number of benzene rings is 1. The molecule has 116 valence electrons. The number of aromatic nitrogens is 2. The van der Waals surface area contributed by atoms with Gasteiger partial charge in [0.15, 0.2) is 0 Å². The molecule has 1 amide bonds. The summed E-state index contributed by atoms with van der Waals surface area (Å²) in [6.45, 7) is 0.790. The smallest absolute Gasteiger partial charge is 0.237 e. The second-order valence-electron chi connectivity index (χ2n) is 5.21. The van der Waals surface area contributed by atoms with Crippen LogP contribution in [0.2, 0.25) is 0 Å². The number of hydrogen-bond donors (Lipinski definition) is 0. The van der Waals surface area contributed by atoms with Gasteiger partial charge in [0.1, 0.15) is 5.25 Å². The van der Waals surface area contributed by atoms with Gasteiger partial charge in [-0.3, -0.25) is 4.79 Å². The van der Waals surface area contributed by atoms with Gasteiger partial charge in [0.05, 0.1) is 6.33 Å². The van der Waals surface area contributed by atoms with Crippen LogP contribution in [0.15, 0.2) is 43.0 Å². The summed E-state index contributed by atoms with van der Waals surface area (Å²) in [4.78, 5) is 17.4. The fraction of sp³-hybridized carbons (Fsp3) is 0.286. The third-order valence-corrected chi connectivity index (χ3v) is 5.53. The van der Waals surface area contributed by atoms with E-state index < -0.39 is 14.3 Å². The lowest BCUT2D eigenvalue weighted by molar-refractivity contribution is -0.117. The Hall–Kier alpha value is -1.86. The second kappa shape index (κ2) is 5.73. The predicted octanol–water partition coefficient (Wildman–Crippen LogP) is 1.61. The van der Waals surface area contributed by atoms with Crippen LogP contribution in [0.1, 0.15) is 12.0 Å². The summed E-state index contributed by atoms with van der Waals surface area (Å²) in [5.41, 5.74) is 1.75. The average molecular weight is 340 g/mol. The van der Waals surface area contributed by atoms with E-state index in [1.165, 1.54) is 4.90 Å². The van der Waals surface area contributed by atoms with Crippen LogP contribution in [-0.4, -0.2) is 35.7 Å². The Balaban J connectivity index is 1.74. The van der Waals surface area contributed by atoms with Gasteiger partial charge in [-0.1, -0.05) is 12.1 Å². The van der Waals surface area contributed by atoms with Gasteiger partial charge < -0.3 is 9.47 Å². The number of carbonyl (C=O) groups excluding carboxylic acids is 1. The molecule has 0 N–H and O–H groups in total. The number of amides is 1. The lowest BCUT2D eigenvalue weighted by Crippen LogP contribution is -2.26. The first-order valence-electron chi connectivity index (χ1n) is 6.72. The molecule has 1 aromatic carbocycles. The lowest BCUT2D eigenvalue weighted by atomic mass is 10.2. The minimum Gasteiger partial charge on any atom is -0.333 e. The first-order valence-corrected chi connectivity index (χ1v) is 9.09. The summed E-state index contributed by atoms with van der Waals surface area (Å²) >= 11 is 0. The van der Waals surface area contributed by atoms with Crippen LogP contribution in [0.25, 0.3) is 0 Å². The van der Waals surface area contributed by atoms with Crippen LogP contribution in [0.3, 0.4) is 0 Å². The molecule has 0 aliphatic carbocycles. The fourth-order valence-corrected chi connectivity index (χ4v) is 3.51. The number of hydrogen-bond acceptors (Lipinski definition) is 4. The zero-order valence-corrected chi connectivity index (χ0v) is 13.2. The molecule has 0 radical (unpaired) electrons. The Bertz CT molecular complexity index is 772. The molecule has 2 heterocycles. The minimum absolute atomic E-state index is 0.0668. The van der Waals surface area contributed by atoms with Crippen molar-refractivity contribution in [1.82, 2.24) is 9.55 Å². The molecule has 1 aliphatic heterocycles. The molecular weight excluding hydrogens is 326 g/mol. The van der Waals surface area contributed by atoms with Crippen LogP contribution in [-0.2, 0) is 20.4 Å². The fourth-order valence-electron chi connectivity index (χ4n) is 2.49. The summed E-state index contributed by atoms with van der Waals surface area (Å²) in [5.74, 6) is -0.225. The Labute approximate surface area is 132 Å². The van der Waals surface area contributed by atoms with E-state index in [1.54, 1.807) is 12.5 Å². The van der Waals surface area contributed by atoms with E-state index in [1.807, 2.05) is 35.0 Å². The zero-order valence-electron chi connectivity index (χ0n) is 11.6. The monoisotopic (exact) mass is 339 g/mol. The highest BCUT2D eigenvalue weighted by Crippen LogP contribution is 2.27. The van der Waals surface area contributed by atoms with Crippen molar-refractivity contribution >= 4 is 31.3 Å². The van der Waals surface area contributed by atoms with Crippen LogP contribution >= 0.6 is 10.7 Å². The molecule has 1 aliphatic rings. The maximum absolute atomic E-state index is 12.0. The molecule has 0 saturated carbocycles. The van der Waals surface area contributed by atoms with Gasteiger partial charge in [0, 0.05) is 48.3 Å². The van der Waals surface area contributed by atoms with Crippen molar-refractivity contribution in [3.05, 3.63) is 48.5 Å². The zero-order chi connectivity index (χ0) is 15.7. The molecule has 1 fully saturated rings. The molecule has 3 rings (SSSR count). The Kier molecular flexibility index (Phi) is 3.92. The van der Waals surface area contributed by atoms with Crippen molar-refractivity contribution in [1.29, 1.82) is 0 Å². The standard InChI is InChI=1S/C14H14ClN3O3S/c15-22(20,21)13-7-14(19)18(9-13)12-3-1-11(2-4-12)8-17-6-5-16-10-17/h1-6,10,13H,7-9H2. The van der Waals surface area contributed by atoms with Gasteiger partial charge in [-0.05, 0) is 17.7 Å². The maximum Gasteiger partial charge on any atom is 0.237 e. The van der Waals surface area contributed by atoms with E-state index in [2.05, 4.69) is 4.98 Å². The third kappa shape index (κ3) is 3.15. The van der Waals surface area contributed by atoms with Gasteiger partial charge >= 0.3 is 0 Å². The number of imidazole rings is 1. The normalized spacial score (nSPS) is 18.9. The molecule has 2 aromatic rings. The molecule has 1 aromatic heterocycles. The highest BCUT2D eigenvalue weighted by atomic mass is 35.7. The molecule has 0 bridgehead atoms. The van der Waals surface area contributed by atoms with E-state index >= 15 is 0 Å². The van der Waals surface area contributed by atoms with E-state index in [-0.39, 0.29) is 18.9 Å². The van der Waals surface area contributed by atoms with Gasteiger partial charge in [-0.15, -0.1) is 0 Å². The Morgan fingerprint density at radius 3 is 2.55 bits per heavy atom. The molecule has 22 heavy (non-hydrogen) atoms. The van der Waals surface area contributed by atoms with Crippen LogP contribution in [0, 0.1) is 0 Å². The molecule has 0 spiro atoms. The van der Waals surface area contributed by atoms with Crippen LogP contribution in [0.4, 0.5) is 5.69 Å². The highest BCUT2D eigenvalue weighted by molar-refractivity contribution is 8.14. The van der Waals surface area contributed by atoms with Crippen molar-refractivity contribution in [2.45, 2.75) is 18.2 Å².